The first-order valence-corrected chi connectivity index (χ1v) is 9.49. The first-order chi connectivity index (χ1) is 13.4. The number of hydrogen-bond donors (Lipinski definition) is 1. The number of nitrogens with one attached hydrogen (secondary N) is 1. The number of alkyl halides is 3. The maximum atomic E-state index is 12.3. The van der Waals surface area contributed by atoms with Gasteiger partial charge >= 0.3 is 6.36 Å². The lowest BCUT2D eigenvalue weighted by atomic mass is 9.87. The summed E-state index contributed by atoms with van der Waals surface area (Å²) in [5.41, 5.74) is 2.64. The summed E-state index contributed by atoms with van der Waals surface area (Å²) in [4.78, 5) is 4.73. The van der Waals surface area contributed by atoms with Crippen LogP contribution < -0.4 is 10.1 Å². The van der Waals surface area contributed by atoms with E-state index >= 15 is 0 Å². The van der Waals surface area contributed by atoms with Crippen molar-refractivity contribution in [2.75, 3.05) is 5.32 Å². The van der Waals surface area contributed by atoms with Crippen molar-refractivity contribution in [3.8, 4) is 5.75 Å². The van der Waals surface area contributed by atoms with E-state index in [1.807, 2.05) is 18.2 Å². The summed E-state index contributed by atoms with van der Waals surface area (Å²) in [6.45, 7) is 2.28. The highest BCUT2D eigenvalue weighted by Crippen LogP contribution is 2.37. The van der Waals surface area contributed by atoms with Gasteiger partial charge in [0.1, 0.15) is 5.75 Å². The van der Waals surface area contributed by atoms with Crippen molar-refractivity contribution in [3.63, 3.8) is 0 Å². The van der Waals surface area contributed by atoms with E-state index in [4.69, 9.17) is 4.98 Å². The summed E-state index contributed by atoms with van der Waals surface area (Å²) < 4.78 is 43.2. The molecule has 28 heavy (non-hydrogen) atoms. The molecule has 0 bridgehead atoms. The van der Waals surface area contributed by atoms with Crippen LogP contribution in [0.25, 0.3) is 11.0 Å². The van der Waals surface area contributed by atoms with E-state index in [0.29, 0.717) is 23.6 Å². The monoisotopic (exact) mass is 389 g/mol. The molecule has 148 valence electrons. The van der Waals surface area contributed by atoms with Gasteiger partial charge in [-0.3, -0.25) is 0 Å². The number of ether oxygens (including phenoxy) is 1. The summed E-state index contributed by atoms with van der Waals surface area (Å²) in [6.07, 6.45) is -0.0838. The molecule has 4 rings (SSSR count). The van der Waals surface area contributed by atoms with E-state index in [1.54, 1.807) is 12.1 Å². The second-order valence-corrected chi connectivity index (χ2v) is 7.42. The second-order valence-electron chi connectivity index (χ2n) is 7.42. The van der Waals surface area contributed by atoms with Gasteiger partial charge in [-0.2, -0.15) is 0 Å². The van der Waals surface area contributed by atoms with Crippen LogP contribution in [0.1, 0.15) is 38.6 Å². The van der Waals surface area contributed by atoms with E-state index in [2.05, 4.69) is 27.6 Å². The predicted molar refractivity (Wildman–Crippen MR) is 103 cm³/mol. The van der Waals surface area contributed by atoms with Gasteiger partial charge in [-0.1, -0.05) is 31.9 Å². The van der Waals surface area contributed by atoms with Crippen LogP contribution in [0.5, 0.6) is 5.75 Å². The molecular weight excluding hydrogens is 367 g/mol. The van der Waals surface area contributed by atoms with Crippen LogP contribution in [0.4, 0.5) is 24.8 Å². The zero-order valence-corrected chi connectivity index (χ0v) is 15.5. The SMILES string of the molecule is C[C@@H]1CCC[C@@H](n2c(Nc3ccc(OC(F)(F)F)cc3)nc3ccccc32)C1. The Morgan fingerprint density at radius 1 is 1.07 bits per heavy atom. The van der Waals surface area contributed by atoms with Gasteiger partial charge in [0.2, 0.25) is 5.95 Å². The van der Waals surface area contributed by atoms with Crippen molar-refractivity contribution in [3.05, 3.63) is 48.5 Å². The lowest BCUT2D eigenvalue weighted by Crippen LogP contribution is -2.19. The fraction of sp³-hybridized carbons (Fsp3) is 0.381. The Bertz CT molecular complexity index is 950. The lowest BCUT2D eigenvalue weighted by molar-refractivity contribution is -0.274. The van der Waals surface area contributed by atoms with Crippen LogP contribution in [0.2, 0.25) is 0 Å². The number of aromatic nitrogens is 2. The van der Waals surface area contributed by atoms with E-state index in [1.165, 1.54) is 25.0 Å². The third-order valence-corrected chi connectivity index (χ3v) is 5.21. The van der Waals surface area contributed by atoms with Gasteiger partial charge in [0.25, 0.3) is 0 Å². The highest BCUT2D eigenvalue weighted by molar-refractivity contribution is 5.80. The molecule has 0 radical (unpaired) electrons. The number of imidazole rings is 1. The van der Waals surface area contributed by atoms with Gasteiger partial charge in [-0.05, 0) is 55.2 Å². The Morgan fingerprint density at radius 3 is 2.54 bits per heavy atom. The molecule has 2 atom stereocenters. The Balaban J connectivity index is 1.64. The van der Waals surface area contributed by atoms with Crippen molar-refractivity contribution in [2.24, 2.45) is 5.92 Å². The Morgan fingerprint density at radius 2 is 1.82 bits per heavy atom. The van der Waals surface area contributed by atoms with Gasteiger partial charge in [-0.15, -0.1) is 13.2 Å². The number of benzene rings is 2. The smallest absolute Gasteiger partial charge is 0.406 e. The van der Waals surface area contributed by atoms with Crippen molar-refractivity contribution in [1.82, 2.24) is 9.55 Å². The molecule has 0 aliphatic heterocycles. The van der Waals surface area contributed by atoms with Gasteiger partial charge in [0.05, 0.1) is 11.0 Å². The van der Waals surface area contributed by atoms with E-state index < -0.39 is 6.36 Å². The van der Waals surface area contributed by atoms with Crippen LogP contribution >= 0.6 is 0 Å². The molecule has 1 aliphatic rings. The summed E-state index contributed by atoms with van der Waals surface area (Å²) in [5.74, 6) is 1.13. The first kappa shape index (κ1) is 18.7. The minimum absolute atomic E-state index is 0.243. The quantitative estimate of drug-likeness (QED) is 0.559. The highest BCUT2D eigenvalue weighted by Gasteiger charge is 2.31. The zero-order valence-electron chi connectivity index (χ0n) is 15.5. The molecule has 1 aromatic heterocycles. The average molecular weight is 389 g/mol. The third kappa shape index (κ3) is 4.08. The van der Waals surface area contributed by atoms with Crippen molar-refractivity contribution >= 4 is 22.7 Å². The number of hydrogen-bond acceptors (Lipinski definition) is 3. The van der Waals surface area contributed by atoms with Crippen LogP contribution in [-0.4, -0.2) is 15.9 Å². The third-order valence-electron chi connectivity index (χ3n) is 5.21. The van der Waals surface area contributed by atoms with Crippen LogP contribution in [0, 0.1) is 5.92 Å². The number of nitrogens with zero attached hydrogens (tertiary/aromatic N) is 2. The highest BCUT2D eigenvalue weighted by atomic mass is 19.4. The second kappa shape index (κ2) is 7.37. The minimum Gasteiger partial charge on any atom is -0.406 e. The van der Waals surface area contributed by atoms with Gasteiger partial charge in [-0.25, -0.2) is 4.98 Å². The number of para-hydroxylation sites is 2. The molecular formula is C21H22F3N3O. The van der Waals surface area contributed by atoms with Crippen molar-refractivity contribution in [1.29, 1.82) is 0 Å². The molecule has 0 amide bonds. The molecule has 1 aliphatic carbocycles. The van der Waals surface area contributed by atoms with Crippen LogP contribution in [0.15, 0.2) is 48.5 Å². The average Bonchev–Trinajstić information content (AvgIpc) is 3.00. The molecule has 1 heterocycles. The minimum atomic E-state index is -4.69. The molecule has 0 saturated heterocycles. The molecule has 1 saturated carbocycles. The summed E-state index contributed by atoms with van der Waals surface area (Å²) in [7, 11) is 0. The first-order valence-electron chi connectivity index (χ1n) is 9.49. The van der Waals surface area contributed by atoms with E-state index in [9.17, 15) is 13.2 Å². The molecule has 2 aromatic carbocycles. The van der Waals surface area contributed by atoms with E-state index in [-0.39, 0.29) is 5.75 Å². The summed E-state index contributed by atoms with van der Waals surface area (Å²) >= 11 is 0. The van der Waals surface area contributed by atoms with Crippen LogP contribution in [0.3, 0.4) is 0 Å². The number of halogens is 3. The number of anilines is 2. The van der Waals surface area contributed by atoms with Crippen molar-refractivity contribution in [2.45, 2.75) is 45.0 Å². The lowest BCUT2D eigenvalue weighted by Gasteiger charge is -2.29. The van der Waals surface area contributed by atoms with E-state index in [0.717, 1.165) is 23.9 Å². The fourth-order valence-electron chi connectivity index (χ4n) is 4.01. The number of rotatable bonds is 4. The Kier molecular flexibility index (Phi) is 4.91. The topological polar surface area (TPSA) is 39.1 Å². The van der Waals surface area contributed by atoms with Gasteiger partial charge in [0, 0.05) is 11.7 Å². The molecule has 1 N–H and O–H groups in total. The number of fused-ring (bicyclic) bond motifs is 1. The predicted octanol–water partition coefficient (Wildman–Crippen LogP) is 6.43. The molecule has 4 nitrogen and oxygen atoms in total. The van der Waals surface area contributed by atoms with Gasteiger partial charge < -0.3 is 14.6 Å². The summed E-state index contributed by atoms with van der Waals surface area (Å²) in [5, 5.41) is 3.28. The maximum absolute atomic E-state index is 12.3. The molecule has 7 heteroatoms. The maximum Gasteiger partial charge on any atom is 0.573 e. The van der Waals surface area contributed by atoms with Gasteiger partial charge in [0.15, 0.2) is 0 Å². The molecule has 0 unspecified atom stereocenters. The molecule has 0 spiro atoms. The molecule has 3 aromatic rings. The zero-order chi connectivity index (χ0) is 19.7. The Hall–Kier alpha value is -2.70. The van der Waals surface area contributed by atoms with Crippen LogP contribution in [-0.2, 0) is 0 Å². The van der Waals surface area contributed by atoms with Crippen molar-refractivity contribution < 1.29 is 17.9 Å². The normalized spacial score (nSPS) is 20.3. The molecule has 1 fully saturated rings. The largest absolute Gasteiger partial charge is 0.573 e. The fourth-order valence-corrected chi connectivity index (χ4v) is 4.01. The summed E-state index contributed by atoms with van der Waals surface area (Å²) in [6, 6.07) is 14.1. The standard InChI is InChI=1S/C21H22F3N3O/c1-14-5-4-6-16(13-14)27-19-8-3-2-7-18(19)26-20(27)25-15-9-11-17(12-10-15)28-21(22,23)24/h2-3,7-12,14,16H,4-6,13H2,1H3,(H,25,26)/t14-,16-/m1/s1. The Labute approximate surface area is 161 Å².